The molecule has 2 aromatic rings. The lowest BCUT2D eigenvalue weighted by Crippen LogP contribution is -2.39. The molecule has 7 heteroatoms. The van der Waals surface area contributed by atoms with Crippen LogP contribution in [-0.4, -0.2) is 47.0 Å². The number of rotatable bonds is 11. The van der Waals surface area contributed by atoms with Gasteiger partial charge in [0, 0.05) is 39.3 Å². The fourth-order valence-electron chi connectivity index (χ4n) is 2.69. The van der Waals surface area contributed by atoms with Gasteiger partial charge in [-0.2, -0.15) is 0 Å². The number of benzene rings is 1. The van der Waals surface area contributed by atoms with Gasteiger partial charge in [-0.15, -0.1) is 10.2 Å². The monoisotopic (exact) mass is 372 g/mol. The Morgan fingerprint density at radius 2 is 2.00 bits per heavy atom. The molecule has 0 aliphatic carbocycles. The largest absolute Gasteiger partial charge is 0.382 e. The summed E-state index contributed by atoms with van der Waals surface area (Å²) in [7, 11) is 0. The standard InChI is InChI=1S/C20H32N6O/c1-4-19-25-24-16-26(19)13-12-22-20(21-11-8-14-27-5-2)23-15-18-10-7-6-9-17(18)3/h6-7,9-10,16H,4-5,8,11-15H2,1-3H3,(H2,21,22,23). The van der Waals surface area contributed by atoms with E-state index in [0.717, 1.165) is 57.5 Å². The molecule has 0 spiro atoms. The van der Waals surface area contributed by atoms with Gasteiger partial charge in [0.05, 0.1) is 6.54 Å². The highest BCUT2D eigenvalue weighted by Gasteiger charge is 2.03. The van der Waals surface area contributed by atoms with E-state index in [-0.39, 0.29) is 0 Å². The molecule has 1 aromatic carbocycles. The molecule has 148 valence electrons. The molecule has 0 unspecified atom stereocenters. The van der Waals surface area contributed by atoms with E-state index in [2.05, 4.69) is 63.5 Å². The summed E-state index contributed by atoms with van der Waals surface area (Å²) >= 11 is 0. The van der Waals surface area contributed by atoms with Gasteiger partial charge in [-0.3, -0.25) is 0 Å². The second kappa shape index (κ2) is 12.1. The Kier molecular flexibility index (Phi) is 9.34. The third-order valence-corrected chi connectivity index (χ3v) is 4.29. The summed E-state index contributed by atoms with van der Waals surface area (Å²) < 4.78 is 7.47. The van der Waals surface area contributed by atoms with Crippen molar-refractivity contribution in [2.45, 2.75) is 46.7 Å². The average molecular weight is 373 g/mol. The highest BCUT2D eigenvalue weighted by Crippen LogP contribution is 2.07. The summed E-state index contributed by atoms with van der Waals surface area (Å²) in [5.41, 5.74) is 2.49. The highest BCUT2D eigenvalue weighted by molar-refractivity contribution is 5.79. The number of ether oxygens (including phenoxy) is 1. The van der Waals surface area contributed by atoms with E-state index in [1.54, 1.807) is 6.33 Å². The molecule has 0 aliphatic heterocycles. The van der Waals surface area contributed by atoms with Gasteiger partial charge < -0.3 is 19.9 Å². The minimum absolute atomic E-state index is 0.653. The third kappa shape index (κ3) is 7.38. The van der Waals surface area contributed by atoms with Crippen LogP contribution in [0, 0.1) is 6.92 Å². The molecule has 1 aromatic heterocycles. The first-order chi connectivity index (χ1) is 13.2. The lowest BCUT2D eigenvalue weighted by molar-refractivity contribution is 0.145. The molecular formula is C20H32N6O. The summed E-state index contributed by atoms with van der Waals surface area (Å²) in [5, 5.41) is 14.9. The Morgan fingerprint density at radius 3 is 2.78 bits per heavy atom. The van der Waals surface area contributed by atoms with E-state index in [4.69, 9.17) is 9.73 Å². The molecule has 0 bridgehead atoms. The summed E-state index contributed by atoms with van der Waals surface area (Å²) in [6.07, 6.45) is 3.61. The van der Waals surface area contributed by atoms with Crippen LogP contribution in [0.5, 0.6) is 0 Å². The van der Waals surface area contributed by atoms with Crippen LogP contribution in [0.3, 0.4) is 0 Å². The minimum atomic E-state index is 0.653. The fourth-order valence-corrected chi connectivity index (χ4v) is 2.69. The smallest absolute Gasteiger partial charge is 0.191 e. The van der Waals surface area contributed by atoms with E-state index in [1.165, 1.54) is 11.1 Å². The van der Waals surface area contributed by atoms with Crippen LogP contribution in [-0.2, 0) is 24.2 Å². The number of hydrogen-bond donors (Lipinski definition) is 2. The Balaban J connectivity index is 1.89. The van der Waals surface area contributed by atoms with Gasteiger partial charge in [-0.1, -0.05) is 31.2 Å². The van der Waals surface area contributed by atoms with Gasteiger partial charge in [-0.05, 0) is 31.4 Å². The lowest BCUT2D eigenvalue weighted by Gasteiger charge is -2.14. The van der Waals surface area contributed by atoms with Gasteiger partial charge in [0.25, 0.3) is 0 Å². The first kappa shape index (κ1) is 20.9. The second-order valence-electron chi connectivity index (χ2n) is 6.29. The molecule has 0 fully saturated rings. The molecule has 7 nitrogen and oxygen atoms in total. The van der Waals surface area contributed by atoms with Crippen LogP contribution in [0.4, 0.5) is 0 Å². The molecule has 0 saturated carbocycles. The maximum absolute atomic E-state index is 5.40. The van der Waals surface area contributed by atoms with E-state index < -0.39 is 0 Å². The Labute approximate surface area is 162 Å². The zero-order chi connectivity index (χ0) is 19.3. The van der Waals surface area contributed by atoms with E-state index in [1.807, 2.05) is 6.92 Å². The van der Waals surface area contributed by atoms with Crippen LogP contribution >= 0.6 is 0 Å². The molecule has 0 saturated heterocycles. The SMILES string of the molecule is CCOCCCNC(=NCc1ccccc1C)NCCn1cnnc1CC. The van der Waals surface area contributed by atoms with Crippen molar-refractivity contribution in [1.29, 1.82) is 0 Å². The van der Waals surface area contributed by atoms with Crippen molar-refractivity contribution in [2.75, 3.05) is 26.3 Å². The van der Waals surface area contributed by atoms with Gasteiger partial charge in [0.1, 0.15) is 12.2 Å². The van der Waals surface area contributed by atoms with Gasteiger partial charge in [0.15, 0.2) is 5.96 Å². The number of aliphatic imine (C=N–C) groups is 1. The van der Waals surface area contributed by atoms with Crippen LogP contribution in [0.2, 0.25) is 0 Å². The number of aryl methyl sites for hydroxylation is 2. The van der Waals surface area contributed by atoms with Crippen molar-refractivity contribution >= 4 is 5.96 Å². The topological polar surface area (TPSA) is 76.4 Å². The Bertz CT molecular complexity index is 697. The maximum atomic E-state index is 5.40. The predicted molar refractivity (Wildman–Crippen MR) is 109 cm³/mol. The Hall–Kier alpha value is -2.41. The molecule has 2 N–H and O–H groups in total. The van der Waals surface area contributed by atoms with Gasteiger partial charge >= 0.3 is 0 Å². The number of hydrogen-bond acceptors (Lipinski definition) is 4. The summed E-state index contributed by atoms with van der Waals surface area (Å²) in [6.45, 7) is 10.8. The molecule has 0 amide bonds. The van der Waals surface area contributed by atoms with Crippen molar-refractivity contribution in [2.24, 2.45) is 4.99 Å². The summed E-state index contributed by atoms with van der Waals surface area (Å²) in [5.74, 6) is 1.82. The summed E-state index contributed by atoms with van der Waals surface area (Å²) in [4.78, 5) is 4.75. The van der Waals surface area contributed by atoms with E-state index in [9.17, 15) is 0 Å². The molecule has 1 heterocycles. The molecular weight excluding hydrogens is 340 g/mol. The molecule has 0 atom stereocenters. The number of aromatic nitrogens is 3. The van der Waals surface area contributed by atoms with Gasteiger partial charge in [0.2, 0.25) is 0 Å². The Morgan fingerprint density at radius 1 is 1.19 bits per heavy atom. The number of nitrogens with one attached hydrogen (secondary N) is 2. The zero-order valence-corrected chi connectivity index (χ0v) is 16.7. The van der Waals surface area contributed by atoms with Crippen molar-refractivity contribution in [3.05, 3.63) is 47.5 Å². The lowest BCUT2D eigenvalue weighted by atomic mass is 10.1. The minimum Gasteiger partial charge on any atom is -0.382 e. The zero-order valence-electron chi connectivity index (χ0n) is 16.7. The van der Waals surface area contributed by atoms with E-state index in [0.29, 0.717) is 6.54 Å². The van der Waals surface area contributed by atoms with Crippen molar-refractivity contribution in [3.8, 4) is 0 Å². The number of guanidine groups is 1. The highest BCUT2D eigenvalue weighted by atomic mass is 16.5. The summed E-state index contributed by atoms with van der Waals surface area (Å²) in [6, 6.07) is 8.35. The van der Waals surface area contributed by atoms with Crippen LogP contribution in [0.25, 0.3) is 0 Å². The molecule has 27 heavy (non-hydrogen) atoms. The molecule has 0 aliphatic rings. The van der Waals surface area contributed by atoms with Crippen molar-refractivity contribution in [3.63, 3.8) is 0 Å². The predicted octanol–water partition coefficient (Wildman–Crippen LogP) is 2.31. The second-order valence-corrected chi connectivity index (χ2v) is 6.29. The van der Waals surface area contributed by atoms with Crippen LogP contribution < -0.4 is 10.6 Å². The quantitative estimate of drug-likeness (QED) is 0.360. The fraction of sp³-hybridized carbons (Fsp3) is 0.550. The molecule has 2 rings (SSSR count). The van der Waals surface area contributed by atoms with E-state index >= 15 is 0 Å². The van der Waals surface area contributed by atoms with Crippen molar-refractivity contribution in [1.82, 2.24) is 25.4 Å². The average Bonchev–Trinajstić information content (AvgIpc) is 3.14. The molecule has 0 radical (unpaired) electrons. The third-order valence-electron chi connectivity index (χ3n) is 4.29. The van der Waals surface area contributed by atoms with Crippen LogP contribution in [0.15, 0.2) is 35.6 Å². The number of nitrogens with zero attached hydrogens (tertiary/aromatic N) is 4. The first-order valence-electron chi connectivity index (χ1n) is 9.75. The van der Waals surface area contributed by atoms with Crippen LogP contribution in [0.1, 0.15) is 37.2 Å². The maximum Gasteiger partial charge on any atom is 0.191 e. The normalized spacial score (nSPS) is 11.6. The van der Waals surface area contributed by atoms with Gasteiger partial charge in [-0.25, -0.2) is 4.99 Å². The van der Waals surface area contributed by atoms with Crippen molar-refractivity contribution < 1.29 is 4.74 Å². The first-order valence-corrected chi connectivity index (χ1v) is 9.75.